The molecule has 0 spiro atoms. The molecule has 1 amide bonds. The number of benzene rings is 3. The number of hydrogen-bond donors (Lipinski definition) is 1. The number of fused-ring (bicyclic) bond motifs is 1. The van der Waals surface area contributed by atoms with E-state index in [2.05, 4.69) is 10.4 Å². The van der Waals surface area contributed by atoms with Gasteiger partial charge in [0.2, 0.25) is 5.91 Å². The maximum absolute atomic E-state index is 12.9. The summed E-state index contributed by atoms with van der Waals surface area (Å²) < 4.78 is 1.26. The molecule has 4 aromatic rings. The number of nitrogens with one attached hydrogen (secondary N) is 1. The molecule has 0 atom stereocenters. The van der Waals surface area contributed by atoms with Crippen molar-refractivity contribution in [2.24, 2.45) is 0 Å². The van der Waals surface area contributed by atoms with E-state index in [0.717, 1.165) is 22.2 Å². The fraction of sp³-hybridized carbons (Fsp3) is 0.125. The number of hydrogen-bond acceptors (Lipinski definition) is 3. The topological polar surface area (TPSA) is 64.0 Å². The lowest BCUT2D eigenvalue weighted by Gasteiger charge is -2.11. The summed E-state index contributed by atoms with van der Waals surface area (Å²) in [4.78, 5) is 25.3. The van der Waals surface area contributed by atoms with E-state index in [1.54, 1.807) is 6.07 Å². The lowest BCUT2D eigenvalue weighted by molar-refractivity contribution is -0.122. The van der Waals surface area contributed by atoms with Crippen LogP contribution in [-0.2, 0) is 24.3 Å². The summed E-state index contributed by atoms with van der Waals surface area (Å²) in [6, 6.07) is 27.0. The SMILES string of the molecule is O=C(Cn1nc(Cc2ccccc2)c2ccccc2c1=O)NCc1ccccc1. The van der Waals surface area contributed by atoms with Gasteiger partial charge in [0.25, 0.3) is 5.56 Å². The number of carbonyl (C=O) groups is 1. The van der Waals surface area contributed by atoms with Crippen molar-refractivity contribution < 1.29 is 4.79 Å². The van der Waals surface area contributed by atoms with E-state index in [9.17, 15) is 9.59 Å². The summed E-state index contributed by atoms with van der Waals surface area (Å²) >= 11 is 0. The smallest absolute Gasteiger partial charge is 0.275 e. The highest BCUT2D eigenvalue weighted by molar-refractivity contribution is 5.84. The molecule has 0 saturated carbocycles. The van der Waals surface area contributed by atoms with Crippen LogP contribution in [0.4, 0.5) is 0 Å². The molecule has 1 N–H and O–H groups in total. The summed E-state index contributed by atoms with van der Waals surface area (Å²) in [7, 11) is 0. The highest BCUT2D eigenvalue weighted by atomic mass is 16.2. The third-order valence-electron chi connectivity index (χ3n) is 4.78. The number of rotatable bonds is 6. The summed E-state index contributed by atoms with van der Waals surface area (Å²) in [6.07, 6.45) is 0.591. The standard InChI is InChI=1S/C24H21N3O2/c28-23(25-16-19-11-5-2-6-12-19)17-27-24(29)21-14-8-7-13-20(21)22(26-27)15-18-9-3-1-4-10-18/h1-14H,15-17H2,(H,25,28). The minimum absolute atomic E-state index is 0.113. The predicted octanol–water partition coefficient (Wildman–Crippen LogP) is 3.30. The predicted molar refractivity (Wildman–Crippen MR) is 114 cm³/mol. The monoisotopic (exact) mass is 383 g/mol. The van der Waals surface area contributed by atoms with Gasteiger partial charge in [0.05, 0.1) is 11.1 Å². The molecule has 0 radical (unpaired) electrons. The Hall–Kier alpha value is -3.73. The van der Waals surface area contributed by atoms with Crippen molar-refractivity contribution in [2.45, 2.75) is 19.5 Å². The van der Waals surface area contributed by atoms with Crippen LogP contribution in [0.5, 0.6) is 0 Å². The molecule has 0 fully saturated rings. The van der Waals surface area contributed by atoms with Gasteiger partial charge < -0.3 is 5.32 Å². The quantitative estimate of drug-likeness (QED) is 0.556. The van der Waals surface area contributed by atoms with Crippen molar-refractivity contribution in [3.05, 3.63) is 112 Å². The Morgan fingerprint density at radius 3 is 2.07 bits per heavy atom. The summed E-state index contributed by atoms with van der Waals surface area (Å²) in [5.41, 5.74) is 2.63. The Morgan fingerprint density at radius 1 is 0.793 bits per heavy atom. The Balaban J connectivity index is 1.61. The van der Waals surface area contributed by atoms with Gasteiger partial charge in [-0.2, -0.15) is 5.10 Å². The molecule has 0 aliphatic heterocycles. The van der Waals surface area contributed by atoms with Crippen LogP contribution in [-0.4, -0.2) is 15.7 Å². The van der Waals surface area contributed by atoms with Gasteiger partial charge >= 0.3 is 0 Å². The molecular weight excluding hydrogens is 362 g/mol. The molecule has 144 valence electrons. The molecule has 0 bridgehead atoms. The minimum Gasteiger partial charge on any atom is -0.350 e. The van der Waals surface area contributed by atoms with Crippen molar-refractivity contribution >= 4 is 16.7 Å². The molecule has 1 aromatic heterocycles. The van der Waals surface area contributed by atoms with Gasteiger partial charge in [-0.05, 0) is 17.2 Å². The lowest BCUT2D eigenvalue weighted by Crippen LogP contribution is -2.34. The van der Waals surface area contributed by atoms with Crippen molar-refractivity contribution in [3.63, 3.8) is 0 Å². The van der Waals surface area contributed by atoms with Crippen molar-refractivity contribution in [1.82, 2.24) is 15.1 Å². The second-order valence-corrected chi connectivity index (χ2v) is 6.88. The van der Waals surface area contributed by atoms with Gasteiger partial charge in [-0.3, -0.25) is 9.59 Å². The zero-order valence-electron chi connectivity index (χ0n) is 15.9. The minimum atomic E-state index is -0.257. The van der Waals surface area contributed by atoms with Gasteiger partial charge in [0.1, 0.15) is 6.54 Å². The van der Waals surface area contributed by atoms with Gasteiger partial charge in [-0.1, -0.05) is 78.9 Å². The Morgan fingerprint density at radius 2 is 1.38 bits per heavy atom. The van der Waals surface area contributed by atoms with E-state index in [-0.39, 0.29) is 18.0 Å². The second-order valence-electron chi connectivity index (χ2n) is 6.88. The Bertz CT molecular complexity index is 1190. The van der Waals surface area contributed by atoms with Gasteiger partial charge in [0, 0.05) is 18.4 Å². The molecule has 29 heavy (non-hydrogen) atoms. The average molecular weight is 383 g/mol. The lowest BCUT2D eigenvalue weighted by atomic mass is 10.0. The first kappa shape index (κ1) is 18.6. The molecule has 1 heterocycles. The maximum atomic E-state index is 12.9. The number of amides is 1. The molecule has 0 saturated heterocycles. The van der Waals surface area contributed by atoms with Crippen LogP contribution >= 0.6 is 0 Å². The van der Waals surface area contributed by atoms with E-state index in [1.165, 1.54) is 4.68 Å². The fourth-order valence-corrected chi connectivity index (χ4v) is 3.32. The van der Waals surface area contributed by atoms with Crippen LogP contribution < -0.4 is 10.9 Å². The third kappa shape index (κ3) is 4.41. The zero-order valence-corrected chi connectivity index (χ0v) is 15.9. The molecule has 3 aromatic carbocycles. The molecule has 0 aliphatic carbocycles. The van der Waals surface area contributed by atoms with Gasteiger partial charge in [0.15, 0.2) is 0 Å². The van der Waals surface area contributed by atoms with E-state index < -0.39 is 0 Å². The summed E-state index contributed by atoms with van der Waals surface area (Å²) in [5.74, 6) is -0.246. The van der Waals surface area contributed by atoms with Gasteiger partial charge in [-0.15, -0.1) is 0 Å². The molecular formula is C24H21N3O2. The number of carbonyl (C=O) groups excluding carboxylic acids is 1. The average Bonchev–Trinajstić information content (AvgIpc) is 2.77. The summed E-state index contributed by atoms with van der Waals surface area (Å²) in [5, 5.41) is 8.78. The van der Waals surface area contributed by atoms with E-state index in [0.29, 0.717) is 18.4 Å². The zero-order chi connectivity index (χ0) is 20.1. The Labute approximate surface area is 168 Å². The van der Waals surface area contributed by atoms with Crippen LogP contribution in [0, 0.1) is 0 Å². The fourth-order valence-electron chi connectivity index (χ4n) is 3.32. The number of nitrogens with zero attached hydrogens (tertiary/aromatic N) is 2. The second kappa shape index (κ2) is 8.52. The molecule has 4 rings (SSSR count). The highest BCUT2D eigenvalue weighted by Gasteiger charge is 2.13. The molecule has 0 aliphatic rings. The largest absolute Gasteiger partial charge is 0.350 e. The van der Waals surface area contributed by atoms with Crippen LogP contribution in [0.2, 0.25) is 0 Å². The normalized spacial score (nSPS) is 10.8. The highest BCUT2D eigenvalue weighted by Crippen LogP contribution is 2.16. The van der Waals surface area contributed by atoms with Crippen LogP contribution in [0.1, 0.15) is 16.8 Å². The van der Waals surface area contributed by atoms with E-state index in [4.69, 9.17) is 0 Å². The van der Waals surface area contributed by atoms with Gasteiger partial charge in [-0.25, -0.2) is 4.68 Å². The maximum Gasteiger partial charge on any atom is 0.275 e. The Kier molecular flexibility index (Phi) is 5.47. The first-order chi connectivity index (χ1) is 14.2. The summed E-state index contributed by atoms with van der Waals surface area (Å²) in [6.45, 7) is 0.303. The third-order valence-corrected chi connectivity index (χ3v) is 4.78. The van der Waals surface area contributed by atoms with Crippen LogP contribution in [0.3, 0.4) is 0 Å². The van der Waals surface area contributed by atoms with E-state index in [1.807, 2.05) is 78.9 Å². The van der Waals surface area contributed by atoms with Crippen LogP contribution in [0.15, 0.2) is 89.7 Å². The first-order valence-electron chi connectivity index (χ1n) is 9.54. The van der Waals surface area contributed by atoms with Crippen molar-refractivity contribution in [2.75, 3.05) is 0 Å². The molecule has 5 heteroatoms. The first-order valence-corrected chi connectivity index (χ1v) is 9.54. The van der Waals surface area contributed by atoms with Crippen LogP contribution in [0.25, 0.3) is 10.8 Å². The number of aromatic nitrogens is 2. The van der Waals surface area contributed by atoms with E-state index >= 15 is 0 Å². The van der Waals surface area contributed by atoms with Crippen molar-refractivity contribution in [1.29, 1.82) is 0 Å². The molecule has 5 nitrogen and oxygen atoms in total. The molecule has 0 unspecified atom stereocenters. The van der Waals surface area contributed by atoms with Crippen molar-refractivity contribution in [3.8, 4) is 0 Å².